The highest BCUT2D eigenvalue weighted by atomic mass is 16.3. The topological polar surface area (TPSA) is 77.8 Å². The molecule has 0 bridgehead atoms. The molecule has 0 aromatic carbocycles. The SMILES string of the molecule is C=CC(N)O.O. The van der Waals surface area contributed by atoms with E-state index in [1.807, 2.05) is 0 Å². The molecule has 0 aliphatic rings. The van der Waals surface area contributed by atoms with E-state index in [0.29, 0.717) is 0 Å². The molecular weight excluding hydrogens is 82.0 g/mol. The summed E-state index contributed by atoms with van der Waals surface area (Å²) < 4.78 is 0. The largest absolute Gasteiger partial charge is 0.412 e. The zero-order valence-electron chi connectivity index (χ0n) is 3.39. The Balaban J connectivity index is 0. The van der Waals surface area contributed by atoms with Crippen LogP contribution < -0.4 is 5.73 Å². The van der Waals surface area contributed by atoms with E-state index in [9.17, 15) is 0 Å². The summed E-state index contributed by atoms with van der Waals surface area (Å²) in [7, 11) is 0. The second-order valence-electron chi connectivity index (χ2n) is 0.726. The maximum atomic E-state index is 8.02. The Morgan fingerprint density at radius 3 is 2.00 bits per heavy atom. The van der Waals surface area contributed by atoms with Crippen LogP contribution in [-0.2, 0) is 0 Å². The van der Waals surface area contributed by atoms with Crippen molar-refractivity contribution in [3.05, 3.63) is 12.7 Å². The summed E-state index contributed by atoms with van der Waals surface area (Å²) >= 11 is 0. The molecule has 0 spiro atoms. The first-order valence-electron chi connectivity index (χ1n) is 1.33. The third-order valence-corrected chi connectivity index (χ3v) is 0.241. The number of aliphatic hydroxyl groups excluding tert-OH is 1. The molecule has 3 heteroatoms. The number of aliphatic hydroxyl groups is 1. The van der Waals surface area contributed by atoms with Gasteiger partial charge >= 0.3 is 0 Å². The second-order valence-corrected chi connectivity index (χ2v) is 0.726. The van der Waals surface area contributed by atoms with Gasteiger partial charge in [0, 0.05) is 0 Å². The Labute approximate surface area is 36.4 Å². The highest BCUT2D eigenvalue weighted by Gasteiger charge is 1.74. The number of hydrogen-bond acceptors (Lipinski definition) is 2. The van der Waals surface area contributed by atoms with E-state index in [2.05, 4.69) is 6.58 Å². The molecule has 0 aliphatic carbocycles. The Kier molecular flexibility index (Phi) is 7.05. The Bertz CT molecular complexity index is 35.8. The molecule has 0 aromatic heterocycles. The molecule has 0 rings (SSSR count). The fourth-order valence-corrected chi connectivity index (χ4v) is 0. The van der Waals surface area contributed by atoms with Crippen LogP contribution in [0.2, 0.25) is 0 Å². The van der Waals surface area contributed by atoms with E-state index in [1.54, 1.807) is 0 Å². The number of nitrogens with two attached hydrogens (primary N) is 1. The summed E-state index contributed by atoms with van der Waals surface area (Å²) in [5.74, 6) is 0. The molecule has 0 saturated carbocycles. The summed E-state index contributed by atoms with van der Waals surface area (Å²) in [5, 5.41) is 8.02. The molecule has 0 aliphatic heterocycles. The molecule has 0 heterocycles. The van der Waals surface area contributed by atoms with Crippen molar-refractivity contribution in [2.75, 3.05) is 0 Å². The Morgan fingerprint density at radius 1 is 1.83 bits per heavy atom. The van der Waals surface area contributed by atoms with Crippen molar-refractivity contribution in [2.45, 2.75) is 6.23 Å². The van der Waals surface area contributed by atoms with Gasteiger partial charge in [0.25, 0.3) is 0 Å². The molecule has 38 valence electrons. The average Bonchev–Trinajstić information content (AvgIpc) is 1.38. The summed E-state index contributed by atoms with van der Waals surface area (Å²) in [6, 6.07) is 0. The lowest BCUT2D eigenvalue weighted by molar-refractivity contribution is 0.232. The zero-order chi connectivity index (χ0) is 4.28. The van der Waals surface area contributed by atoms with Crippen molar-refractivity contribution >= 4 is 0 Å². The van der Waals surface area contributed by atoms with E-state index in [-0.39, 0.29) is 5.48 Å². The van der Waals surface area contributed by atoms with Gasteiger partial charge in [-0.2, -0.15) is 0 Å². The average molecular weight is 91.1 g/mol. The molecular formula is C3H9NO2. The summed E-state index contributed by atoms with van der Waals surface area (Å²) in [6.07, 6.45) is 0.398. The molecule has 0 amide bonds. The van der Waals surface area contributed by atoms with Crippen molar-refractivity contribution in [2.24, 2.45) is 5.73 Å². The highest BCUT2D eigenvalue weighted by molar-refractivity contribution is 4.70. The normalized spacial score (nSPS) is 11.7. The van der Waals surface area contributed by atoms with Crippen molar-refractivity contribution in [1.29, 1.82) is 0 Å². The van der Waals surface area contributed by atoms with Gasteiger partial charge in [0.05, 0.1) is 0 Å². The van der Waals surface area contributed by atoms with Crippen LogP contribution in [0.1, 0.15) is 0 Å². The maximum Gasteiger partial charge on any atom is 0.121 e. The fourth-order valence-electron chi connectivity index (χ4n) is 0. The molecule has 1 unspecified atom stereocenters. The van der Waals surface area contributed by atoms with Gasteiger partial charge in [-0.1, -0.05) is 6.58 Å². The van der Waals surface area contributed by atoms with Crippen LogP contribution in [0.3, 0.4) is 0 Å². The van der Waals surface area contributed by atoms with Gasteiger partial charge in [0.2, 0.25) is 0 Å². The lowest BCUT2D eigenvalue weighted by Crippen LogP contribution is -2.13. The van der Waals surface area contributed by atoms with E-state index in [0.717, 1.165) is 0 Å². The molecule has 3 nitrogen and oxygen atoms in total. The first kappa shape index (κ1) is 9.15. The summed E-state index contributed by atoms with van der Waals surface area (Å²) in [6.45, 7) is 3.19. The molecule has 0 aromatic rings. The quantitative estimate of drug-likeness (QED) is 0.308. The summed E-state index contributed by atoms with van der Waals surface area (Å²) in [5.41, 5.74) is 4.73. The smallest absolute Gasteiger partial charge is 0.121 e. The van der Waals surface area contributed by atoms with Gasteiger partial charge in [-0.05, 0) is 6.08 Å². The van der Waals surface area contributed by atoms with Crippen LogP contribution in [0.15, 0.2) is 12.7 Å². The van der Waals surface area contributed by atoms with E-state index >= 15 is 0 Å². The molecule has 0 fully saturated rings. The minimum atomic E-state index is -0.852. The second kappa shape index (κ2) is 4.62. The van der Waals surface area contributed by atoms with E-state index < -0.39 is 6.23 Å². The van der Waals surface area contributed by atoms with Crippen LogP contribution in [0.4, 0.5) is 0 Å². The zero-order valence-corrected chi connectivity index (χ0v) is 3.39. The van der Waals surface area contributed by atoms with Gasteiger partial charge in [-0.3, -0.25) is 0 Å². The van der Waals surface area contributed by atoms with Crippen molar-refractivity contribution in [3.63, 3.8) is 0 Å². The van der Waals surface area contributed by atoms with Crippen LogP contribution in [0, 0.1) is 0 Å². The number of rotatable bonds is 1. The van der Waals surface area contributed by atoms with Crippen LogP contribution in [-0.4, -0.2) is 16.8 Å². The lowest BCUT2D eigenvalue weighted by atomic mass is 10.6. The van der Waals surface area contributed by atoms with Crippen molar-refractivity contribution in [1.82, 2.24) is 0 Å². The highest BCUT2D eigenvalue weighted by Crippen LogP contribution is 1.61. The van der Waals surface area contributed by atoms with Gasteiger partial charge in [-0.25, -0.2) is 0 Å². The fraction of sp³-hybridized carbons (Fsp3) is 0.333. The van der Waals surface area contributed by atoms with Crippen LogP contribution in [0.5, 0.6) is 0 Å². The Hall–Kier alpha value is -0.380. The maximum absolute atomic E-state index is 8.02. The van der Waals surface area contributed by atoms with Gasteiger partial charge in [0.15, 0.2) is 0 Å². The molecule has 0 radical (unpaired) electrons. The standard InChI is InChI=1S/C3H7NO.H2O/c1-2-3(4)5;/h2-3,5H,1,4H2;1H2. The molecule has 1 atom stereocenters. The number of hydrogen-bond donors (Lipinski definition) is 2. The van der Waals surface area contributed by atoms with Crippen LogP contribution in [0.25, 0.3) is 0 Å². The third-order valence-electron chi connectivity index (χ3n) is 0.241. The van der Waals surface area contributed by atoms with Gasteiger partial charge in [0.1, 0.15) is 6.23 Å². The molecule has 0 saturated heterocycles. The minimum absolute atomic E-state index is 0. The van der Waals surface area contributed by atoms with E-state index in [1.165, 1.54) is 6.08 Å². The molecule has 5 N–H and O–H groups in total. The van der Waals surface area contributed by atoms with Gasteiger partial charge < -0.3 is 16.3 Å². The van der Waals surface area contributed by atoms with E-state index in [4.69, 9.17) is 10.8 Å². The van der Waals surface area contributed by atoms with Crippen LogP contribution >= 0.6 is 0 Å². The summed E-state index contributed by atoms with van der Waals surface area (Å²) in [4.78, 5) is 0. The Morgan fingerprint density at radius 2 is 2.00 bits per heavy atom. The first-order chi connectivity index (χ1) is 2.27. The first-order valence-corrected chi connectivity index (χ1v) is 1.33. The van der Waals surface area contributed by atoms with Gasteiger partial charge in [-0.15, -0.1) is 0 Å². The predicted octanol–water partition coefficient (Wildman–Crippen LogP) is -1.38. The monoisotopic (exact) mass is 91.1 g/mol. The van der Waals surface area contributed by atoms with Crippen molar-refractivity contribution in [3.8, 4) is 0 Å². The third kappa shape index (κ3) is 9.47. The predicted molar refractivity (Wildman–Crippen MR) is 24.0 cm³/mol. The minimum Gasteiger partial charge on any atom is -0.412 e. The lowest BCUT2D eigenvalue weighted by Gasteiger charge is -1.85. The molecule has 6 heavy (non-hydrogen) atoms. The van der Waals surface area contributed by atoms with Crippen molar-refractivity contribution < 1.29 is 10.6 Å².